The van der Waals surface area contributed by atoms with Crippen molar-refractivity contribution in [1.82, 2.24) is 14.7 Å². The van der Waals surface area contributed by atoms with Crippen molar-refractivity contribution in [2.75, 3.05) is 7.05 Å². The monoisotopic (exact) mass is 485 g/mol. The predicted octanol–water partition coefficient (Wildman–Crippen LogP) is 5.79. The summed E-state index contributed by atoms with van der Waals surface area (Å²) in [5.41, 5.74) is -2.10. The van der Waals surface area contributed by atoms with E-state index in [-0.39, 0.29) is 16.5 Å². The molecule has 3 aromatic rings. The second-order valence-electron chi connectivity index (χ2n) is 7.23. The number of alkyl halides is 6. The predicted molar refractivity (Wildman–Crippen MR) is 109 cm³/mol. The molecule has 33 heavy (non-hydrogen) atoms. The van der Waals surface area contributed by atoms with Crippen molar-refractivity contribution in [2.24, 2.45) is 0 Å². The Labute approximate surface area is 186 Å². The Morgan fingerprint density at radius 3 is 2.33 bits per heavy atom. The fourth-order valence-corrected chi connectivity index (χ4v) is 4.16. The summed E-state index contributed by atoms with van der Waals surface area (Å²) in [6, 6.07) is 6.31. The number of aromatic nitrogens is 2. The average molecular weight is 485 g/mol. The lowest BCUT2D eigenvalue weighted by Gasteiger charge is -2.16. The van der Waals surface area contributed by atoms with Crippen LogP contribution >= 0.6 is 11.8 Å². The van der Waals surface area contributed by atoms with E-state index in [4.69, 9.17) is 0 Å². The Hall–Kier alpha value is -3.28. The maximum atomic E-state index is 13.4. The minimum atomic E-state index is -4.98. The number of thioether (sulfide) groups is 1. The van der Waals surface area contributed by atoms with Crippen molar-refractivity contribution in [3.63, 3.8) is 0 Å². The largest absolute Gasteiger partial charge is 0.416 e. The van der Waals surface area contributed by atoms with Crippen molar-refractivity contribution in [1.29, 1.82) is 0 Å². The van der Waals surface area contributed by atoms with Crippen LogP contribution in [0.2, 0.25) is 0 Å². The van der Waals surface area contributed by atoms with Crippen LogP contribution in [0.1, 0.15) is 22.3 Å². The molecule has 0 radical (unpaired) electrons. The number of rotatable bonds is 3. The molecule has 0 bridgehead atoms. The van der Waals surface area contributed by atoms with Crippen LogP contribution in [0.15, 0.2) is 47.5 Å². The normalized spacial score (nSPS) is 16.5. The first kappa shape index (κ1) is 22.9. The molecule has 0 unspecified atom stereocenters. The van der Waals surface area contributed by atoms with E-state index in [2.05, 4.69) is 5.10 Å². The Bertz CT molecular complexity index is 1310. The first-order valence-corrected chi connectivity index (χ1v) is 10.1. The topological polar surface area (TPSA) is 55.2 Å². The highest BCUT2D eigenvalue weighted by molar-refractivity contribution is 8.18. The molecule has 172 valence electrons. The van der Waals surface area contributed by atoms with Gasteiger partial charge in [0.15, 0.2) is 0 Å². The van der Waals surface area contributed by atoms with Crippen LogP contribution in [-0.4, -0.2) is 32.9 Å². The van der Waals surface area contributed by atoms with Gasteiger partial charge in [-0.15, -0.1) is 0 Å². The second-order valence-corrected chi connectivity index (χ2v) is 8.22. The molecule has 0 aliphatic carbocycles. The number of imide groups is 1. The standard InChI is InChI=1S/C21H13F6N3O2S/c1-29-18(31)17(33-19(29)32)7-11-2-5-16-13(6-11)9-28-30(16)10-12-3-4-14(20(22,23)24)8-15(12)21(25,26)27/h2-9H,10H2,1H3/b17-7-. The molecule has 1 aliphatic rings. The SMILES string of the molecule is CN1C(=O)S/C(=C\c2ccc3c(cnn3Cc3ccc(C(F)(F)F)cc3C(F)(F)F)c2)C1=O. The third kappa shape index (κ3) is 4.47. The maximum absolute atomic E-state index is 13.4. The zero-order valence-electron chi connectivity index (χ0n) is 16.7. The minimum Gasteiger partial charge on any atom is -0.272 e. The van der Waals surface area contributed by atoms with Crippen molar-refractivity contribution in [3.05, 3.63) is 69.8 Å². The molecule has 12 heteroatoms. The number of likely N-dealkylation sites (N-methyl/N-ethyl adjacent to an activating group) is 1. The van der Waals surface area contributed by atoms with Gasteiger partial charge in [-0.1, -0.05) is 12.1 Å². The number of halogens is 6. The summed E-state index contributed by atoms with van der Waals surface area (Å²) in [6.45, 7) is -0.398. The fraction of sp³-hybridized carbons (Fsp3) is 0.190. The Balaban J connectivity index is 1.67. The number of fused-ring (bicyclic) bond motifs is 1. The Morgan fingerprint density at radius 2 is 1.73 bits per heavy atom. The highest BCUT2D eigenvalue weighted by atomic mass is 32.2. The molecule has 0 N–H and O–H groups in total. The number of carbonyl (C=O) groups excluding carboxylic acids is 2. The van der Waals surface area contributed by atoms with E-state index in [0.29, 0.717) is 22.5 Å². The highest BCUT2D eigenvalue weighted by Gasteiger charge is 2.38. The first-order valence-electron chi connectivity index (χ1n) is 9.29. The fourth-order valence-electron chi connectivity index (χ4n) is 3.33. The Kier molecular flexibility index (Phi) is 5.51. The molecule has 1 saturated heterocycles. The van der Waals surface area contributed by atoms with Gasteiger partial charge in [0.1, 0.15) is 0 Å². The van der Waals surface area contributed by atoms with E-state index in [0.717, 1.165) is 22.7 Å². The van der Waals surface area contributed by atoms with Gasteiger partial charge in [-0.05, 0) is 53.2 Å². The van der Waals surface area contributed by atoms with Crippen LogP contribution in [-0.2, 0) is 23.7 Å². The summed E-state index contributed by atoms with van der Waals surface area (Å²) < 4.78 is 80.2. The minimum absolute atomic E-state index is 0.0971. The number of carbonyl (C=O) groups is 2. The zero-order chi connectivity index (χ0) is 24.1. The zero-order valence-corrected chi connectivity index (χ0v) is 17.5. The third-order valence-corrected chi connectivity index (χ3v) is 5.97. The third-order valence-electron chi connectivity index (χ3n) is 5.01. The lowest BCUT2D eigenvalue weighted by molar-refractivity contribution is -0.143. The van der Waals surface area contributed by atoms with Gasteiger partial charge >= 0.3 is 12.4 Å². The molecule has 4 rings (SSSR count). The van der Waals surface area contributed by atoms with Gasteiger partial charge in [-0.25, -0.2) is 0 Å². The molecular weight excluding hydrogens is 472 g/mol. The number of amides is 2. The average Bonchev–Trinajstić information content (AvgIpc) is 3.22. The molecular formula is C21H13F6N3O2S. The van der Waals surface area contributed by atoms with E-state index in [9.17, 15) is 35.9 Å². The van der Waals surface area contributed by atoms with E-state index in [1.54, 1.807) is 18.2 Å². The lowest BCUT2D eigenvalue weighted by atomic mass is 10.0. The number of nitrogens with zero attached hydrogens (tertiary/aromatic N) is 3. The van der Waals surface area contributed by atoms with E-state index < -0.39 is 41.2 Å². The van der Waals surface area contributed by atoms with E-state index in [1.807, 2.05) is 0 Å². The second kappa shape index (κ2) is 7.94. The van der Waals surface area contributed by atoms with Crippen molar-refractivity contribution in [3.8, 4) is 0 Å². The van der Waals surface area contributed by atoms with Crippen LogP contribution in [0, 0.1) is 0 Å². The number of benzene rings is 2. The first-order chi connectivity index (χ1) is 15.3. The van der Waals surface area contributed by atoms with Crippen molar-refractivity contribution < 1.29 is 35.9 Å². The molecule has 2 amide bonds. The summed E-state index contributed by atoms with van der Waals surface area (Å²) in [6.07, 6.45) is -6.96. The molecule has 5 nitrogen and oxygen atoms in total. The van der Waals surface area contributed by atoms with Gasteiger partial charge in [-0.3, -0.25) is 19.2 Å². The summed E-state index contributed by atoms with van der Waals surface area (Å²) in [7, 11) is 1.36. The summed E-state index contributed by atoms with van der Waals surface area (Å²) in [4.78, 5) is 24.9. The summed E-state index contributed by atoms with van der Waals surface area (Å²) in [5, 5.41) is 4.21. The molecule has 0 saturated carbocycles. The van der Waals surface area contributed by atoms with Crippen molar-refractivity contribution in [2.45, 2.75) is 18.9 Å². The molecule has 0 spiro atoms. The molecule has 2 heterocycles. The van der Waals surface area contributed by atoms with Gasteiger partial charge in [0.05, 0.1) is 34.3 Å². The summed E-state index contributed by atoms with van der Waals surface area (Å²) >= 11 is 0.787. The maximum Gasteiger partial charge on any atom is 0.416 e. The summed E-state index contributed by atoms with van der Waals surface area (Å²) in [5.74, 6) is -0.442. The van der Waals surface area contributed by atoms with Gasteiger partial charge < -0.3 is 0 Å². The molecule has 1 fully saturated rings. The molecule has 2 aromatic carbocycles. The van der Waals surface area contributed by atoms with E-state index >= 15 is 0 Å². The van der Waals surface area contributed by atoms with Crippen LogP contribution in [0.5, 0.6) is 0 Å². The van der Waals surface area contributed by atoms with E-state index in [1.165, 1.54) is 24.0 Å². The van der Waals surface area contributed by atoms with Crippen LogP contribution in [0.25, 0.3) is 17.0 Å². The van der Waals surface area contributed by atoms with Gasteiger partial charge in [-0.2, -0.15) is 31.4 Å². The quantitative estimate of drug-likeness (QED) is 0.348. The van der Waals surface area contributed by atoms with Crippen LogP contribution < -0.4 is 0 Å². The highest BCUT2D eigenvalue weighted by Crippen LogP contribution is 2.38. The Morgan fingerprint density at radius 1 is 1.00 bits per heavy atom. The smallest absolute Gasteiger partial charge is 0.272 e. The van der Waals surface area contributed by atoms with Gasteiger partial charge in [0, 0.05) is 12.4 Å². The van der Waals surface area contributed by atoms with Crippen LogP contribution in [0.4, 0.5) is 31.1 Å². The molecule has 0 atom stereocenters. The molecule has 1 aromatic heterocycles. The van der Waals surface area contributed by atoms with Crippen molar-refractivity contribution >= 4 is 39.9 Å². The number of hydrogen-bond acceptors (Lipinski definition) is 4. The lowest BCUT2D eigenvalue weighted by Crippen LogP contribution is -2.22. The van der Waals surface area contributed by atoms with Gasteiger partial charge in [0.25, 0.3) is 11.1 Å². The molecule has 1 aliphatic heterocycles. The number of hydrogen-bond donors (Lipinski definition) is 0. The van der Waals surface area contributed by atoms with Crippen LogP contribution in [0.3, 0.4) is 0 Å². The van der Waals surface area contributed by atoms with Gasteiger partial charge in [0.2, 0.25) is 0 Å².